The Morgan fingerprint density at radius 1 is 1.12 bits per heavy atom. The lowest BCUT2D eigenvalue weighted by atomic mass is 10.0. The Morgan fingerprint density at radius 3 is 2.19 bits per heavy atom. The third-order valence-electron chi connectivity index (χ3n) is 2.61. The quantitative estimate of drug-likeness (QED) is 0.748. The summed E-state index contributed by atoms with van der Waals surface area (Å²) in [7, 11) is 0. The summed E-state index contributed by atoms with van der Waals surface area (Å²) in [4.78, 5) is 0. The molecule has 1 rings (SSSR count). The first-order chi connectivity index (χ1) is 7.65. The largest absolute Gasteiger partial charge is 0.386 e. The molecular weight excluding hydrogens is 200 g/mol. The van der Waals surface area contributed by atoms with Crippen LogP contribution in [0.3, 0.4) is 0 Å². The van der Waals surface area contributed by atoms with Crippen LogP contribution < -0.4 is 0 Å². The van der Waals surface area contributed by atoms with E-state index in [0.29, 0.717) is 19.1 Å². The first kappa shape index (κ1) is 13.2. The van der Waals surface area contributed by atoms with Gasteiger partial charge in [-0.3, -0.25) is 0 Å². The van der Waals surface area contributed by atoms with E-state index in [-0.39, 0.29) is 0 Å². The Labute approximate surface area is 98.3 Å². The molecule has 0 aromatic heterocycles. The fourth-order valence-electron chi connectivity index (χ4n) is 1.54. The van der Waals surface area contributed by atoms with Gasteiger partial charge in [0.1, 0.15) is 6.10 Å². The van der Waals surface area contributed by atoms with Crippen molar-refractivity contribution >= 4 is 0 Å². The SMILES string of the molecule is CCCOCC(O)c1ccc(C(C)C)cc1. The second-order valence-electron chi connectivity index (χ2n) is 4.41. The monoisotopic (exact) mass is 222 g/mol. The average Bonchev–Trinajstić information content (AvgIpc) is 2.29. The Morgan fingerprint density at radius 2 is 1.69 bits per heavy atom. The summed E-state index contributed by atoms with van der Waals surface area (Å²) in [5.41, 5.74) is 2.23. The first-order valence-corrected chi connectivity index (χ1v) is 6.00. The average molecular weight is 222 g/mol. The topological polar surface area (TPSA) is 29.5 Å². The molecule has 1 unspecified atom stereocenters. The summed E-state index contributed by atoms with van der Waals surface area (Å²) in [6, 6.07) is 8.11. The molecule has 0 radical (unpaired) electrons. The number of benzene rings is 1. The van der Waals surface area contributed by atoms with Crippen molar-refractivity contribution in [3.05, 3.63) is 35.4 Å². The van der Waals surface area contributed by atoms with Gasteiger partial charge in [-0.05, 0) is 23.5 Å². The van der Waals surface area contributed by atoms with Gasteiger partial charge in [0.15, 0.2) is 0 Å². The molecule has 0 heterocycles. The fraction of sp³-hybridized carbons (Fsp3) is 0.571. The van der Waals surface area contributed by atoms with E-state index in [9.17, 15) is 5.11 Å². The lowest BCUT2D eigenvalue weighted by molar-refractivity contribution is 0.0364. The van der Waals surface area contributed by atoms with Crippen LogP contribution in [-0.4, -0.2) is 18.3 Å². The third kappa shape index (κ3) is 3.95. The van der Waals surface area contributed by atoms with Gasteiger partial charge in [-0.2, -0.15) is 0 Å². The highest BCUT2D eigenvalue weighted by Crippen LogP contribution is 2.18. The molecule has 0 aliphatic heterocycles. The van der Waals surface area contributed by atoms with Gasteiger partial charge in [0.05, 0.1) is 6.61 Å². The molecule has 1 aromatic carbocycles. The minimum absolute atomic E-state index is 0.384. The van der Waals surface area contributed by atoms with Crippen molar-refractivity contribution in [2.24, 2.45) is 0 Å². The maximum atomic E-state index is 9.85. The number of aliphatic hydroxyl groups is 1. The number of hydrogen-bond donors (Lipinski definition) is 1. The molecule has 0 saturated carbocycles. The van der Waals surface area contributed by atoms with Crippen LogP contribution in [0.4, 0.5) is 0 Å². The van der Waals surface area contributed by atoms with Crippen LogP contribution in [0.2, 0.25) is 0 Å². The zero-order valence-electron chi connectivity index (χ0n) is 10.4. The molecule has 16 heavy (non-hydrogen) atoms. The van der Waals surface area contributed by atoms with Gasteiger partial charge in [0.25, 0.3) is 0 Å². The van der Waals surface area contributed by atoms with Gasteiger partial charge in [0, 0.05) is 6.61 Å². The number of hydrogen-bond acceptors (Lipinski definition) is 2. The molecule has 0 bridgehead atoms. The maximum Gasteiger partial charge on any atom is 0.102 e. The van der Waals surface area contributed by atoms with Gasteiger partial charge in [0.2, 0.25) is 0 Å². The van der Waals surface area contributed by atoms with E-state index in [1.165, 1.54) is 5.56 Å². The summed E-state index contributed by atoms with van der Waals surface area (Å²) < 4.78 is 5.33. The van der Waals surface area contributed by atoms with Crippen LogP contribution in [-0.2, 0) is 4.74 Å². The summed E-state index contributed by atoms with van der Waals surface area (Å²) in [5.74, 6) is 0.530. The first-order valence-electron chi connectivity index (χ1n) is 6.00. The maximum absolute atomic E-state index is 9.85. The van der Waals surface area contributed by atoms with E-state index in [1.807, 2.05) is 12.1 Å². The fourth-order valence-corrected chi connectivity index (χ4v) is 1.54. The van der Waals surface area contributed by atoms with E-state index in [4.69, 9.17) is 4.74 Å². The van der Waals surface area contributed by atoms with Gasteiger partial charge >= 0.3 is 0 Å². The molecule has 0 amide bonds. The van der Waals surface area contributed by atoms with Gasteiger partial charge in [-0.25, -0.2) is 0 Å². The third-order valence-corrected chi connectivity index (χ3v) is 2.61. The van der Waals surface area contributed by atoms with Crippen molar-refractivity contribution < 1.29 is 9.84 Å². The lowest BCUT2D eigenvalue weighted by Gasteiger charge is -2.12. The second kappa shape index (κ2) is 6.66. The molecule has 1 aromatic rings. The van der Waals surface area contributed by atoms with E-state index in [1.54, 1.807) is 0 Å². The summed E-state index contributed by atoms with van der Waals surface area (Å²) >= 11 is 0. The van der Waals surface area contributed by atoms with Gasteiger partial charge < -0.3 is 9.84 Å². The van der Waals surface area contributed by atoms with Crippen LogP contribution in [0, 0.1) is 0 Å². The highest BCUT2D eigenvalue weighted by Gasteiger charge is 2.07. The van der Waals surface area contributed by atoms with Gasteiger partial charge in [-0.15, -0.1) is 0 Å². The number of ether oxygens (including phenoxy) is 1. The zero-order valence-corrected chi connectivity index (χ0v) is 10.4. The Bertz CT molecular complexity index is 290. The molecule has 1 atom stereocenters. The van der Waals surface area contributed by atoms with Crippen molar-refractivity contribution in [1.29, 1.82) is 0 Å². The Kier molecular flexibility index (Phi) is 5.50. The molecule has 2 heteroatoms. The van der Waals surface area contributed by atoms with Crippen LogP contribution in [0.5, 0.6) is 0 Å². The lowest BCUT2D eigenvalue weighted by Crippen LogP contribution is -2.07. The van der Waals surface area contributed by atoms with E-state index in [2.05, 4.69) is 32.9 Å². The number of aliphatic hydroxyl groups excluding tert-OH is 1. The molecule has 0 aliphatic rings. The van der Waals surface area contributed by atoms with Crippen LogP contribution in [0.15, 0.2) is 24.3 Å². The van der Waals surface area contributed by atoms with Crippen molar-refractivity contribution in [3.8, 4) is 0 Å². The highest BCUT2D eigenvalue weighted by molar-refractivity contribution is 5.26. The molecule has 0 fully saturated rings. The van der Waals surface area contributed by atoms with E-state index < -0.39 is 6.10 Å². The van der Waals surface area contributed by atoms with Crippen LogP contribution in [0.1, 0.15) is 50.3 Å². The Hall–Kier alpha value is -0.860. The second-order valence-corrected chi connectivity index (χ2v) is 4.41. The molecule has 0 saturated heterocycles. The summed E-state index contributed by atoms with van der Waals surface area (Å²) in [6.07, 6.45) is 0.478. The van der Waals surface area contributed by atoms with Gasteiger partial charge in [-0.1, -0.05) is 45.0 Å². The zero-order chi connectivity index (χ0) is 12.0. The molecule has 1 N–H and O–H groups in total. The Balaban J connectivity index is 2.52. The van der Waals surface area contributed by atoms with Crippen LogP contribution in [0.25, 0.3) is 0 Å². The molecule has 0 aliphatic carbocycles. The summed E-state index contributed by atoms with van der Waals surface area (Å²) in [5, 5.41) is 9.85. The molecule has 2 nitrogen and oxygen atoms in total. The van der Waals surface area contributed by atoms with Crippen molar-refractivity contribution in [1.82, 2.24) is 0 Å². The van der Waals surface area contributed by atoms with E-state index >= 15 is 0 Å². The smallest absolute Gasteiger partial charge is 0.102 e. The molecule has 0 spiro atoms. The predicted octanol–water partition coefficient (Wildman–Crippen LogP) is 3.27. The van der Waals surface area contributed by atoms with Crippen molar-refractivity contribution in [2.45, 2.75) is 39.2 Å². The predicted molar refractivity (Wildman–Crippen MR) is 66.6 cm³/mol. The van der Waals surface area contributed by atoms with Crippen molar-refractivity contribution in [3.63, 3.8) is 0 Å². The highest BCUT2D eigenvalue weighted by atomic mass is 16.5. The normalized spacial score (nSPS) is 13.1. The number of rotatable bonds is 6. The van der Waals surface area contributed by atoms with Crippen molar-refractivity contribution in [2.75, 3.05) is 13.2 Å². The van der Waals surface area contributed by atoms with Crippen LogP contribution >= 0.6 is 0 Å². The standard InChI is InChI=1S/C14H22O2/c1-4-9-16-10-14(15)13-7-5-12(6-8-13)11(2)3/h5-8,11,14-15H,4,9-10H2,1-3H3. The minimum atomic E-state index is -0.507. The summed E-state index contributed by atoms with van der Waals surface area (Å²) in [6.45, 7) is 7.48. The minimum Gasteiger partial charge on any atom is -0.386 e. The molecular formula is C14H22O2. The van der Waals surface area contributed by atoms with E-state index in [0.717, 1.165) is 12.0 Å². The molecule has 90 valence electrons.